The van der Waals surface area contributed by atoms with Gasteiger partial charge in [0, 0.05) is 11.6 Å². The van der Waals surface area contributed by atoms with E-state index in [9.17, 15) is 4.79 Å². The Balaban J connectivity index is 2.59. The van der Waals surface area contributed by atoms with Crippen LogP contribution in [-0.2, 0) is 11.2 Å². The van der Waals surface area contributed by atoms with Crippen molar-refractivity contribution in [3.63, 3.8) is 0 Å². The third kappa shape index (κ3) is 5.10. The summed E-state index contributed by atoms with van der Waals surface area (Å²) >= 11 is 0. The van der Waals surface area contributed by atoms with Gasteiger partial charge in [-0.15, -0.1) is 0 Å². The highest BCUT2D eigenvalue weighted by Crippen LogP contribution is 2.13. The minimum absolute atomic E-state index is 0.0194. The first-order valence-electron chi connectivity index (χ1n) is 7.37. The van der Waals surface area contributed by atoms with Gasteiger partial charge in [-0.25, -0.2) is 0 Å². The second-order valence-corrected chi connectivity index (χ2v) is 5.29. The lowest BCUT2D eigenvalue weighted by Gasteiger charge is -2.22. The number of carbonyl (C=O) groups is 1. The van der Waals surface area contributed by atoms with Crippen molar-refractivity contribution < 1.29 is 10.0 Å². The van der Waals surface area contributed by atoms with E-state index in [1.807, 2.05) is 12.1 Å². The molecule has 0 spiro atoms. The molecule has 0 aliphatic carbocycles. The number of oxime groups is 1. The summed E-state index contributed by atoms with van der Waals surface area (Å²) in [6, 6.07) is 7.29. The number of nitrogens with one attached hydrogen (secondary N) is 1. The number of nitrogens with zero attached hydrogens (tertiary/aromatic N) is 1. The number of nitrogens with two attached hydrogens (primary N) is 1. The predicted octanol–water partition coefficient (Wildman–Crippen LogP) is 2.26. The molecule has 5 nitrogen and oxygen atoms in total. The van der Waals surface area contributed by atoms with Crippen molar-refractivity contribution in [1.29, 1.82) is 0 Å². The first kappa shape index (κ1) is 17.0. The van der Waals surface area contributed by atoms with Crippen molar-refractivity contribution in [1.82, 2.24) is 5.32 Å². The number of benzene rings is 1. The highest BCUT2D eigenvalue weighted by molar-refractivity contribution is 5.97. The minimum Gasteiger partial charge on any atom is -0.409 e. The van der Waals surface area contributed by atoms with Gasteiger partial charge in [0.25, 0.3) is 0 Å². The number of rotatable bonds is 7. The number of amides is 1. The maximum absolute atomic E-state index is 12.0. The molecule has 1 atom stereocenters. The van der Waals surface area contributed by atoms with Crippen LogP contribution in [0.25, 0.3) is 0 Å². The van der Waals surface area contributed by atoms with Gasteiger partial charge in [0.1, 0.15) is 0 Å². The molecule has 0 heterocycles. The predicted molar refractivity (Wildman–Crippen MR) is 84.3 cm³/mol. The summed E-state index contributed by atoms with van der Waals surface area (Å²) in [6.07, 6.45) is 2.46. The summed E-state index contributed by atoms with van der Waals surface area (Å²) in [4.78, 5) is 12.0. The van der Waals surface area contributed by atoms with Crippen LogP contribution in [0.15, 0.2) is 29.4 Å². The molecule has 4 N–H and O–H groups in total. The number of amidine groups is 1. The Kier molecular flexibility index (Phi) is 6.72. The number of carbonyl (C=O) groups excluding carboxylic acids is 1. The molecule has 1 amide bonds. The van der Waals surface area contributed by atoms with E-state index in [1.165, 1.54) is 0 Å². The Hall–Kier alpha value is -2.04. The molecule has 5 heteroatoms. The van der Waals surface area contributed by atoms with Gasteiger partial charge < -0.3 is 16.3 Å². The van der Waals surface area contributed by atoms with Crippen molar-refractivity contribution in [2.24, 2.45) is 16.8 Å². The molecule has 1 unspecified atom stereocenters. The smallest absolute Gasteiger partial charge is 0.224 e. The quantitative estimate of drug-likeness (QED) is 0.312. The first-order valence-corrected chi connectivity index (χ1v) is 7.37. The normalized spacial score (nSPS) is 13.2. The first-order chi connectivity index (χ1) is 10.0. The van der Waals surface area contributed by atoms with Gasteiger partial charge in [-0.05, 0) is 18.4 Å². The Bertz CT molecular complexity index is 479. The Morgan fingerprint density at radius 2 is 1.86 bits per heavy atom. The summed E-state index contributed by atoms with van der Waals surface area (Å²) in [5.74, 6) is 0.594. The minimum atomic E-state index is 0.0194. The topological polar surface area (TPSA) is 87.7 Å². The fraction of sp³-hybridized carbons (Fsp3) is 0.500. The van der Waals surface area contributed by atoms with Crippen LogP contribution in [0.4, 0.5) is 0 Å². The molecule has 21 heavy (non-hydrogen) atoms. The molecule has 0 saturated carbocycles. The second-order valence-electron chi connectivity index (χ2n) is 5.29. The zero-order valence-corrected chi connectivity index (χ0v) is 13.0. The van der Waals surface area contributed by atoms with Crippen LogP contribution in [0.3, 0.4) is 0 Å². The van der Waals surface area contributed by atoms with Crippen molar-refractivity contribution >= 4 is 11.7 Å². The summed E-state index contributed by atoms with van der Waals surface area (Å²) in [5, 5.41) is 14.6. The third-order valence-electron chi connectivity index (χ3n) is 3.87. The maximum Gasteiger partial charge on any atom is 0.224 e. The monoisotopic (exact) mass is 291 g/mol. The van der Waals surface area contributed by atoms with E-state index in [1.54, 1.807) is 12.1 Å². The maximum atomic E-state index is 12.0. The van der Waals surface area contributed by atoms with Crippen LogP contribution in [0.1, 0.15) is 44.7 Å². The lowest BCUT2D eigenvalue weighted by Crippen LogP contribution is -2.38. The molecule has 0 aliphatic heterocycles. The van der Waals surface area contributed by atoms with Gasteiger partial charge in [-0.1, -0.05) is 56.1 Å². The van der Waals surface area contributed by atoms with E-state index in [4.69, 9.17) is 10.9 Å². The van der Waals surface area contributed by atoms with Crippen LogP contribution < -0.4 is 11.1 Å². The standard InChI is InChI=1S/C16H25N3O2/c1-4-13(5-2)11(3)18-15(20)10-12-6-8-14(9-7-12)16(17)19-21/h6-9,11,13,21H,4-5,10H2,1-3H3,(H2,17,19)(H,18,20). The van der Waals surface area contributed by atoms with E-state index in [0.717, 1.165) is 18.4 Å². The molecule has 1 aromatic carbocycles. The fourth-order valence-corrected chi connectivity index (χ4v) is 2.46. The van der Waals surface area contributed by atoms with Crippen molar-refractivity contribution in [2.45, 2.75) is 46.1 Å². The fourth-order valence-electron chi connectivity index (χ4n) is 2.46. The van der Waals surface area contributed by atoms with Crippen LogP contribution in [0.2, 0.25) is 0 Å². The average molecular weight is 291 g/mol. The highest BCUT2D eigenvalue weighted by atomic mass is 16.4. The molecular formula is C16H25N3O2. The van der Waals surface area contributed by atoms with Gasteiger partial charge in [0.05, 0.1) is 6.42 Å². The zero-order chi connectivity index (χ0) is 15.8. The van der Waals surface area contributed by atoms with E-state index in [-0.39, 0.29) is 17.8 Å². The highest BCUT2D eigenvalue weighted by Gasteiger charge is 2.15. The lowest BCUT2D eigenvalue weighted by molar-refractivity contribution is -0.121. The molecule has 1 rings (SSSR count). The molecule has 0 saturated heterocycles. The van der Waals surface area contributed by atoms with Crippen LogP contribution >= 0.6 is 0 Å². The van der Waals surface area contributed by atoms with E-state index >= 15 is 0 Å². The average Bonchev–Trinajstić information content (AvgIpc) is 2.48. The third-order valence-corrected chi connectivity index (χ3v) is 3.87. The lowest BCUT2D eigenvalue weighted by atomic mass is 9.95. The van der Waals surface area contributed by atoms with Gasteiger partial charge in [0.15, 0.2) is 5.84 Å². The second kappa shape index (κ2) is 8.29. The van der Waals surface area contributed by atoms with Crippen LogP contribution in [-0.4, -0.2) is 23.0 Å². The Morgan fingerprint density at radius 3 is 2.33 bits per heavy atom. The molecule has 0 radical (unpaired) electrons. The largest absolute Gasteiger partial charge is 0.409 e. The molecule has 0 aromatic heterocycles. The Labute approximate surface area is 126 Å². The van der Waals surface area contributed by atoms with Crippen molar-refractivity contribution in [2.75, 3.05) is 0 Å². The van der Waals surface area contributed by atoms with Gasteiger partial charge in [-0.2, -0.15) is 0 Å². The van der Waals surface area contributed by atoms with Gasteiger partial charge in [0.2, 0.25) is 5.91 Å². The summed E-state index contributed by atoms with van der Waals surface area (Å²) < 4.78 is 0. The summed E-state index contributed by atoms with van der Waals surface area (Å²) in [5.41, 5.74) is 7.03. The summed E-state index contributed by atoms with van der Waals surface area (Å²) in [7, 11) is 0. The molecule has 0 aliphatic rings. The van der Waals surface area contributed by atoms with Crippen LogP contribution in [0.5, 0.6) is 0 Å². The van der Waals surface area contributed by atoms with Gasteiger partial charge in [-0.3, -0.25) is 4.79 Å². The van der Waals surface area contributed by atoms with E-state index in [0.29, 0.717) is 17.9 Å². The van der Waals surface area contributed by atoms with E-state index < -0.39 is 0 Å². The number of hydrogen-bond acceptors (Lipinski definition) is 3. The Morgan fingerprint density at radius 1 is 1.29 bits per heavy atom. The molecule has 0 bridgehead atoms. The SMILES string of the molecule is CCC(CC)C(C)NC(=O)Cc1ccc(C(N)=NO)cc1. The molecule has 1 aromatic rings. The molecule has 116 valence electrons. The van der Waals surface area contributed by atoms with Crippen molar-refractivity contribution in [3.05, 3.63) is 35.4 Å². The number of hydrogen-bond donors (Lipinski definition) is 3. The van der Waals surface area contributed by atoms with Gasteiger partial charge >= 0.3 is 0 Å². The summed E-state index contributed by atoms with van der Waals surface area (Å²) in [6.45, 7) is 6.34. The molecule has 0 fully saturated rings. The van der Waals surface area contributed by atoms with E-state index in [2.05, 4.69) is 31.2 Å². The zero-order valence-electron chi connectivity index (χ0n) is 13.0. The van der Waals surface area contributed by atoms with Crippen LogP contribution in [0, 0.1) is 5.92 Å². The molecular weight excluding hydrogens is 266 g/mol. The van der Waals surface area contributed by atoms with Crippen molar-refractivity contribution in [3.8, 4) is 0 Å².